The molecule has 0 saturated heterocycles. The van der Waals surface area contributed by atoms with Crippen LogP contribution in [0.3, 0.4) is 0 Å². The fraction of sp³-hybridized carbons (Fsp3) is 0.600. The minimum absolute atomic E-state index is 0.673. The Bertz CT molecular complexity index is 568. The van der Waals surface area contributed by atoms with E-state index in [1.165, 1.54) is 11.3 Å². The van der Waals surface area contributed by atoms with Crippen LogP contribution in [-0.2, 0) is 13.1 Å². The lowest BCUT2D eigenvalue weighted by molar-refractivity contribution is 0.550. The van der Waals surface area contributed by atoms with E-state index in [9.17, 15) is 0 Å². The maximum Gasteiger partial charge on any atom is 0.107 e. The number of aromatic nitrogens is 3. The highest BCUT2D eigenvalue weighted by atomic mass is 32.1. The molecule has 5 heteroatoms. The first-order valence-corrected chi connectivity index (χ1v) is 8.00. The fourth-order valence-electron chi connectivity index (χ4n) is 2.06. The molecule has 1 N–H and O–H groups in total. The first kappa shape index (κ1) is 15.2. The molecule has 0 fully saturated rings. The molecule has 0 amide bonds. The molecule has 2 aromatic rings. The van der Waals surface area contributed by atoms with Crippen LogP contribution in [0.1, 0.15) is 41.5 Å². The molecule has 0 aliphatic carbocycles. The zero-order valence-electron chi connectivity index (χ0n) is 13.0. The van der Waals surface area contributed by atoms with Gasteiger partial charge >= 0.3 is 0 Å². The normalized spacial score (nSPS) is 11.5. The van der Waals surface area contributed by atoms with Crippen LogP contribution in [0.5, 0.6) is 0 Å². The summed E-state index contributed by atoms with van der Waals surface area (Å²) in [6.07, 6.45) is 0. The Morgan fingerprint density at radius 1 is 1.30 bits per heavy atom. The number of rotatable bonds is 6. The van der Waals surface area contributed by atoms with Crippen molar-refractivity contribution in [1.82, 2.24) is 20.1 Å². The molecule has 2 aromatic heterocycles. The van der Waals surface area contributed by atoms with Gasteiger partial charge in [-0.2, -0.15) is 5.10 Å². The van der Waals surface area contributed by atoms with Crippen molar-refractivity contribution in [2.24, 2.45) is 5.92 Å². The standard InChI is InChI=1S/C15H24N4S/c1-10(2)6-16-7-15-17-14(9-20-15)8-19-13(5)11(3)12(4)18-19/h9-10,16H,6-8H2,1-5H3. The van der Waals surface area contributed by atoms with E-state index in [2.05, 4.69) is 55.4 Å². The number of thiazole rings is 1. The maximum atomic E-state index is 4.68. The summed E-state index contributed by atoms with van der Waals surface area (Å²) in [7, 11) is 0. The smallest absolute Gasteiger partial charge is 0.107 e. The van der Waals surface area contributed by atoms with Crippen LogP contribution >= 0.6 is 11.3 Å². The molecule has 2 rings (SSSR count). The number of aryl methyl sites for hydroxylation is 1. The molecule has 2 heterocycles. The second-order valence-corrected chi connectivity index (χ2v) is 6.65. The van der Waals surface area contributed by atoms with Gasteiger partial charge in [0.2, 0.25) is 0 Å². The van der Waals surface area contributed by atoms with Crippen molar-refractivity contribution in [3.8, 4) is 0 Å². The third kappa shape index (κ3) is 3.67. The Kier molecular flexibility index (Phi) is 4.94. The molecule has 0 aromatic carbocycles. The molecule has 0 aliphatic rings. The van der Waals surface area contributed by atoms with Gasteiger partial charge in [0, 0.05) is 17.6 Å². The Morgan fingerprint density at radius 3 is 2.65 bits per heavy atom. The summed E-state index contributed by atoms with van der Waals surface area (Å²) in [5, 5.41) is 11.3. The van der Waals surface area contributed by atoms with Crippen molar-refractivity contribution in [2.45, 2.75) is 47.7 Å². The van der Waals surface area contributed by atoms with Gasteiger partial charge in [0.05, 0.1) is 17.9 Å². The Morgan fingerprint density at radius 2 is 2.05 bits per heavy atom. The van der Waals surface area contributed by atoms with Gasteiger partial charge in [0.15, 0.2) is 0 Å². The van der Waals surface area contributed by atoms with E-state index in [4.69, 9.17) is 0 Å². The van der Waals surface area contributed by atoms with Crippen molar-refractivity contribution in [3.63, 3.8) is 0 Å². The van der Waals surface area contributed by atoms with Gasteiger partial charge in [-0.05, 0) is 38.8 Å². The molecular weight excluding hydrogens is 268 g/mol. The van der Waals surface area contributed by atoms with E-state index in [0.717, 1.165) is 36.0 Å². The Balaban J connectivity index is 1.97. The lowest BCUT2D eigenvalue weighted by atomic mass is 10.2. The minimum atomic E-state index is 0.673. The number of nitrogens with zero attached hydrogens (tertiary/aromatic N) is 3. The van der Waals surface area contributed by atoms with Crippen LogP contribution in [0.4, 0.5) is 0 Å². The first-order chi connectivity index (χ1) is 9.47. The molecule has 0 radical (unpaired) electrons. The number of hydrogen-bond donors (Lipinski definition) is 1. The van der Waals surface area contributed by atoms with E-state index >= 15 is 0 Å². The summed E-state index contributed by atoms with van der Waals surface area (Å²) < 4.78 is 2.05. The summed E-state index contributed by atoms with van der Waals surface area (Å²) in [5.74, 6) is 0.673. The second-order valence-electron chi connectivity index (χ2n) is 5.71. The molecule has 0 unspecified atom stereocenters. The van der Waals surface area contributed by atoms with Crippen molar-refractivity contribution in [3.05, 3.63) is 33.0 Å². The highest BCUT2D eigenvalue weighted by molar-refractivity contribution is 7.09. The van der Waals surface area contributed by atoms with Crippen LogP contribution in [-0.4, -0.2) is 21.3 Å². The molecular formula is C15H24N4S. The quantitative estimate of drug-likeness (QED) is 0.890. The highest BCUT2D eigenvalue weighted by Crippen LogP contribution is 2.15. The second kappa shape index (κ2) is 6.50. The molecule has 0 atom stereocenters. The summed E-state index contributed by atoms with van der Waals surface area (Å²) in [6, 6.07) is 0. The van der Waals surface area contributed by atoms with E-state index in [1.54, 1.807) is 11.3 Å². The molecule has 0 bridgehead atoms. The predicted octanol–water partition coefficient (Wildman–Crippen LogP) is 3.06. The lowest BCUT2D eigenvalue weighted by Crippen LogP contribution is -2.18. The summed E-state index contributed by atoms with van der Waals surface area (Å²) in [4.78, 5) is 4.68. The SMILES string of the molecule is Cc1nn(Cc2csc(CNCC(C)C)n2)c(C)c1C. The third-order valence-corrected chi connectivity index (χ3v) is 4.38. The minimum Gasteiger partial charge on any atom is -0.310 e. The zero-order valence-corrected chi connectivity index (χ0v) is 13.8. The lowest BCUT2D eigenvalue weighted by Gasteiger charge is -2.04. The van der Waals surface area contributed by atoms with Crippen molar-refractivity contribution in [1.29, 1.82) is 0 Å². The van der Waals surface area contributed by atoms with E-state index in [-0.39, 0.29) is 0 Å². The molecule has 0 aliphatic heterocycles. The molecule has 4 nitrogen and oxygen atoms in total. The molecule has 110 valence electrons. The number of nitrogens with one attached hydrogen (secondary N) is 1. The van der Waals surface area contributed by atoms with Gasteiger partial charge in [-0.25, -0.2) is 4.98 Å². The first-order valence-electron chi connectivity index (χ1n) is 7.12. The fourth-order valence-corrected chi connectivity index (χ4v) is 2.82. The summed E-state index contributed by atoms with van der Waals surface area (Å²) in [6.45, 7) is 13.4. The molecule has 0 saturated carbocycles. The van der Waals surface area contributed by atoms with Gasteiger partial charge in [0.25, 0.3) is 0 Å². The average molecular weight is 292 g/mol. The Labute approximate surface area is 125 Å². The van der Waals surface area contributed by atoms with Crippen LogP contribution in [0.15, 0.2) is 5.38 Å². The van der Waals surface area contributed by atoms with Crippen LogP contribution in [0, 0.1) is 26.7 Å². The van der Waals surface area contributed by atoms with E-state index in [0.29, 0.717) is 5.92 Å². The summed E-state index contributed by atoms with van der Waals surface area (Å²) >= 11 is 1.72. The maximum absolute atomic E-state index is 4.68. The Hall–Kier alpha value is -1.20. The van der Waals surface area contributed by atoms with Crippen LogP contribution in [0.25, 0.3) is 0 Å². The largest absolute Gasteiger partial charge is 0.310 e. The van der Waals surface area contributed by atoms with E-state index < -0.39 is 0 Å². The van der Waals surface area contributed by atoms with E-state index in [1.807, 2.05) is 4.68 Å². The predicted molar refractivity (Wildman–Crippen MR) is 84.2 cm³/mol. The molecule has 20 heavy (non-hydrogen) atoms. The van der Waals surface area contributed by atoms with Gasteiger partial charge in [-0.1, -0.05) is 13.8 Å². The van der Waals surface area contributed by atoms with Gasteiger partial charge in [-0.3, -0.25) is 4.68 Å². The average Bonchev–Trinajstić information content (AvgIpc) is 2.91. The third-order valence-electron chi connectivity index (χ3n) is 3.48. The van der Waals surface area contributed by atoms with Crippen molar-refractivity contribution >= 4 is 11.3 Å². The number of hydrogen-bond acceptors (Lipinski definition) is 4. The van der Waals surface area contributed by atoms with Crippen molar-refractivity contribution in [2.75, 3.05) is 6.54 Å². The highest BCUT2D eigenvalue weighted by Gasteiger charge is 2.09. The topological polar surface area (TPSA) is 42.7 Å². The van der Waals surface area contributed by atoms with Gasteiger partial charge in [-0.15, -0.1) is 11.3 Å². The zero-order chi connectivity index (χ0) is 14.7. The van der Waals surface area contributed by atoms with Gasteiger partial charge < -0.3 is 5.32 Å². The molecule has 0 spiro atoms. The van der Waals surface area contributed by atoms with Crippen LogP contribution < -0.4 is 5.32 Å². The van der Waals surface area contributed by atoms with Crippen molar-refractivity contribution < 1.29 is 0 Å². The van der Waals surface area contributed by atoms with Crippen LogP contribution in [0.2, 0.25) is 0 Å². The monoisotopic (exact) mass is 292 g/mol. The van der Waals surface area contributed by atoms with Gasteiger partial charge in [0.1, 0.15) is 5.01 Å². The summed E-state index contributed by atoms with van der Waals surface area (Å²) in [5.41, 5.74) is 4.72.